The number of para-hydroxylation sites is 2. The molecule has 1 heterocycles. The summed E-state index contributed by atoms with van der Waals surface area (Å²) >= 11 is 0. The molecule has 51 heavy (non-hydrogen) atoms. The molecule has 0 amide bonds. The van der Waals surface area contributed by atoms with Gasteiger partial charge in [0.1, 0.15) is 0 Å². The van der Waals surface area contributed by atoms with Crippen LogP contribution >= 0.6 is 0 Å². The molecular weight excluding hydrogens is 615 g/mol. The van der Waals surface area contributed by atoms with Crippen LogP contribution in [0.25, 0.3) is 16.7 Å². The van der Waals surface area contributed by atoms with Crippen molar-refractivity contribution in [2.45, 2.75) is 25.3 Å². The number of benzene rings is 6. The highest BCUT2D eigenvalue weighted by Gasteiger charge is 2.51. The first-order valence-electron chi connectivity index (χ1n) is 18.0. The molecule has 244 valence electrons. The molecule has 0 saturated heterocycles. The Morgan fingerprint density at radius 3 is 1.94 bits per heavy atom. The van der Waals surface area contributed by atoms with Crippen molar-refractivity contribution in [1.29, 1.82) is 0 Å². The van der Waals surface area contributed by atoms with Crippen LogP contribution in [0.1, 0.15) is 52.3 Å². The zero-order valence-electron chi connectivity index (χ0n) is 28.8. The van der Waals surface area contributed by atoms with E-state index in [1.807, 2.05) is 0 Å². The van der Waals surface area contributed by atoms with Gasteiger partial charge in [-0.3, -0.25) is 0 Å². The van der Waals surface area contributed by atoms with Gasteiger partial charge in [-0.2, -0.15) is 0 Å². The highest BCUT2D eigenvalue weighted by molar-refractivity contribution is 6.10. The Morgan fingerprint density at radius 2 is 1.18 bits per heavy atom. The average molecular weight is 654 g/mol. The Labute approximate surface area is 301 Å². The quantitative estimate of drug-likeness (QED) is 0.179. The van der Waals surface area contributed by atoms with E-state index in [0.29, 0.717) is 0 Å². The fourth-order valence-electron chi connectivity index (χ4n) is 8.56. The van der Waals surface area contributed by atoms with Crippen molar-refractivity contribution in [1.82, 2.24) is 0 Å². The second kappa shape index (κ2) is 12.9. The highest BCUT2D eigenvalue weighted by atomic mass is 15.1. The van der Waals surface area contributed by atoms with Gasteiger partial charge in [0.05, 0.1) is 5.41 Å². The lowest BCUT2D eigenvalue weighted by atomic mass is 9.64. The summed E-state index contributed by atoms with van der Waals surface area (Å²) in [7, 11) is 0. The van der Waals surface area contributed by atoms with Gasteiger partial charge in [0, 0.05) is 17.9 Å². The maximum absolute atomic E-state index is 2.51. The van der Waals surface area contributed by atoms with E-state index in [9.17, 15) is 0 Å². The summed E-state index contributed by atoms with van der Waals surface area (Å²) in [4.78, 5) is 2.51. The van der Waals surface area contributed by atoms with Gasteiger partial charge in [-0.1, -0.05) is 176 Å². The highest BCUT2D eigenvalue weighted by Crippen LogP contribution is 2.62. The van der Waals surface area contributed by atoms with Crippen LogP contribution in [-0.2, 0) is 12.0 Å². The summed E-state index contributed by atoms with van der Waals surface area (Å²) in [6, 6.07) is 60.0. The Balaban J connectivity index is 1.32. The monoisotopic (exact) mass is 653 g/mol. The lowest BCUT2D eigenvalue weighted by molar-refractivity contribution is 0.813. The first kappa shape index (κ1) is 30.8. The van der Waals surface area contributed by atoms with Crippen LogP contribution in [0, 0.1) is 0 Å². The third-order valence-electron chi connectivity index (χ3n) is 10.8. The predicted octanol–water partition coefficient (Wildman–Crippen LogP) is 12.5. The maximum Gasteiger partial charge on any atom is 0.0742 e. The van der Waals surface area contributed by atoms with Crippen LogP contribution in [-0.4, -0.2) is 0 Å². The number of nitrogens with zero attached hydrogens (tertiary/aromatic N) is 1. The zero-order valence-corrected chi connectivity index (χ0v) is 28.8. The second-order valence-corrected chi connectivity index (χ2v) is 13.6. The number of allylic oxidation sites excluding steroid dienone is 10. The number of rotatable bonds is 5. The van der Waals surface area contributed by atoms with E-state index >= 15 is 0 Å². The van der Waals surface area contributed by atoms with Crippen LogP contribution in [0.2, 0.25) is 0 Å². The first-order valence-corrected chi connectivity index (χ1v) is 18.0. The molecule has 9 rings (SSSR count). The van der Waals surface area contributed by atoms with Gasteiger partial charge in [-0.05, 0) is 98.4 Å². The largest absolute Gasteiger partial charge is 0.337 e. The molecule has 2 aliphatic carbocycles. The third kappa shape index (κ3) is 5.16. The fraction of sp³-hybridized carbons (Fsp3) is 0.0800. The van der Waals surface area contributed by atoms with E-state index < -0.39 is 5.41 Å². The Kier molecular flexibility index (Phi) is 7.82. The standard InChI is InChI=1S/C50H39N/c1-36(37-23-17-24-39(33-32-37)38-18-5-2-6-19-38)34-44-43-27-12-14-29-46(43)50(49(44)40-20-7-3-8-21-40)45-28-13-11-22-41(45)35-51(42-25-9-4-10-26-42)48-31-16-15-30-47(48)50/h2-16,18-34H,17,35H2,1H3/b36-34+. The Hall–Kier alpha value is -6.18. The first-order chi connectivity index (χ1) is 25.2. The molecule has 0 bridgehead atoms. The summed E-state index contributed by atoms with van der Waals surface area (Å²) in [6.45, 7) is 3.06. The van der Waals surface area contributed by atoms with Gasteiger partial charge < -0.3 is 4.90 Å². The molecule has 1 unspecified atom stereocenters. The molecule has 1 atom stereocenters. The zero-order chi connectivity index (χ0) is 34.2. The summed E-state index contributed by atoms with van der Waals surface area (Å²) in [6.07, 6.45) is 12.6. The van der Waals surface area contributed by atoms with Gasteiger partial charge in [-0.25, -0.2) is 0 Å². The Bertz CT molecular complexity index is 2410. The lowest BCUT2D eigenvalue weighted by Gasteiger charge is -2.37. The molecule has 0 aromatic heterocycles. The summed E-state index contributed by atoms with van der Waals surface area (Å²) in [5.74, 6) is 0. The fourth-order valence-corrected chi connectivity index (χ4v) is 8.56. The molecule has 1 nitrogen and oxygen atoms in total. The number of fused-ring (bicyclic) bond motifs is 6. The summed E-state index contributed by atoms with van der Waals surface area (Å²) < 4.78 is 0. The average Bonchev–Trinajstić information content (AvgIpc) is 3.32. The normalized spacial score (nSPS) is 18.0. The van der Waals surface area contributed by atoms with E-state index in [1.54, 1.807) is 0 Å². The van der Waals surface area contributed by atoms with Crippen LogP contribution in [0.3, 0.4) is 0 Å². The van der Waals surface area contributed by atoms with Gasteiger partial charge in [0.15, 0.2) is 0 Å². The van der Waals surface area contributed by atoms with Crippen molar-refractivity contribution in [3.8, 4) is 0 Å². The van der Waals surface area contributed by atoms with Crippen LogP contribution in [0.4, 0.5) is 11.4 Å². The predicted molar refractivity (Wildman–Crippen MR) is 215 cm³/mol. The summed E-state index contributed by atoms with van der Waals surface area (Å²) in [5, 5.41) is 0. The summed E-state index contributed by atoms with van der Waals surface area (Å²) in [5.41, 5.74) is 17.4. The molecule has 0 radical (unpaired) electrons. The molecule has 6 aromatic rings. The molecule has 6 aromatic carbocycles. The van der Waals surface area contributed by atoms with Crippen molar-refractivity contribution < 1.29 is 0 Å². The molecular formula is C50H39N. The van der Waals surface area contributed by atoms with Crippen LogP contribution in [0.15, 0.2) is 205 Å². The molecule has 1 heteroatoms. The second-order valence-electron chi connectivity index (χ2n) is 13.6. The number of hydrogen-bond donors (Lipinski definition) is 0. The molecule has 0 fully saturated rings. The molecule has 0 N–H and O–H groups in total. The smallest absolute Gasteiger partial charge is 0.0742 e. The van der Waals surface area contributed by atoms with Crippen molar-refractivity contribution >= 4 is 28.1 Å². The molecule has 0 saturated carbocycles. The Morgan fingerprint density at radius 1 is 0.569 bits per heavy atom. The third-order valence-corrected chi connectivity index (χ3v) is 10.8. The molecule has 1 aliphatic heterocycles. The lowest BCUT2D eigenvalue weighted by Crippen LogP contribution is -2.30. The minimum atomic E-state index is -0.545. The van der Waals surface area contributed by atoms with Gasteiger partial charge in [0.2, 0.25) is 0 Å². The van der Waals surface area contributed by atoms with E-state index in [4.69, 9.17) is 0 Å². The van der Waals surface area contributed by atoms with Crippen LogP contribution in [0.5, 0.6) is 0 Å². The van der Waals surface area contributed by atoms with Crippen LogP contribution < -0.4 is 4.90 Å². The van der Waals surface area contributed by atoms with Crippen molar-refractivity contribution in [2.24, 2.45) is 0 Å². The number of hydrogen-bond acceptors (Lipinski definition) is 1. The van der Waals surface area contributed by atoms with E-state index in [-0.39, 0.29) is 0 Å². The minimum Gasteiger partial charge on any atom is -0.337 e. The van der Waals surface area contributed by atoms with E-state index in [1.165, 1.54) is 78.2 Å². The minimum absolute atomic E-state index is 0.545. The van der Waals surface area contributed by atoms with E-state index in [2.05, 4.69) is 206 Å². The molecule has 3 aliphatic rings. The van der Waals surface area contributed by atoms with E-state index in [0.717, 1.165) is 13.0 Å². The van der Waals surface area contributed by atoms with Crippen molar-refractivity contribution in [3.05, 3.63) is 244 Å². The van der Waals surface area contributed by atoms with Crippen molar-refractivity contribution in [3.63, 3.8) is 0 Å². The molecule has 1 spiro atoms. The topological polar surface area (TPSA) is 3.24 Å². The van der Waals surface area contributed by atoms with Gasteiger partial charge in [0.25, 0.3) is 0 Å². The van der Waals surface area contributed by atoms with Gasteiger partial charge >= 0.3 is 0 Å². The van der Waals surface area contributed by atoms with Crippen molar-refractivity contribution in [2.75, 3.05) is 4.90 Å². The maximum atomic E-state index is 2.51. The number of anilines is 2. The van der Waals surface area contributed by atoms with Gasteiger partial charge in [-0.15, -0.1) is 0 Å². The SMILES string of the molecule is C/C(=C\C1=C(c2ccccc2)C2(c3ccccc3CN(c3ccccc3)c3ccccc32)c2ccccc21)C1=CCC=C(c2ccccc2)C=C1.